The van der Waals surface area contributed by atoms with E-state index in [-0.39, 0.29) is 0 Å². The average Bonchev–Trinajstić information content (AvgIpc) is 2.39. The predicted molar refractivity (Wildman–Crippen MR) is 82.2 cm³/mol. The van der Waals surface area contributed by atoms with E-state index in [2.05, 4.69) is 50.1 Å². The number of alkyl halides is 2. The summed E-state index contributed by atoms with van der Waals surface area (Å²) in [5.74, 6) is 0. The van der Waals surface area contributed by atoms with Crippen LogP contribution in [0.4, 0.5) is 0 Å². The lowest BCUT2D eigenvalue weighted by atomic mass is 10.0. The van der Waals surface area contributed by atoms with E-state index in [4.69, 9.17) is 11.6 Å². The molecule has 0 aromatic heterocycles. The van der Waals surface area contributed by atoms with Crippen LogP contribution < -0.4 is 0 Å². The van der Waals surface area contributed by atoms with Crippen LogP contribution in [0.1, 0.15) is 11.1 Å². The van der Waals surface area contributed by atoms with E-state index in [0.29, 0.717) is 0 Å². The van der Waals surface area contributed by atoms with E-state index >= 15 is 0 Å². The van der Waals surface area contributed by atoms with E-state index in [1.807, 2.05) is 24.3 Å². The topological polar surface area (TPSA) is 0 Å². The van der Waals surface area contributed by atoms with Gasteiger partial charge in [0.15, 0.2) is 0 Å². The van der Waals surface area contributed by atoms with Crippen molar-refractivity contribution in [2.45, 2.75) is 10.7 Å². The Morgan fingerprint density at radius 1 is 0.765 bits per heavy atom. The Labute approximate surface area is 123 Å². The molecule has 17 heavy (non-hydrogen) atoms. The molecule has 0 aliphatic heterocycles. The molecule has 2 aromatic carbocycles. The van der Waals surface area contributed by atoms with Crippen molar-refractivity contribution in [2.75, 3.05) is 0 Å². The van der Waals surface area contributed by atoms with Gasteiger partial charge in [-0.3, -0.25) is 0 Å². The highest BCUT2D eigenvalue weighted by atomic mass is 79.9. The molecule has 88 valence electrons. The molecule has 0 N–H and O–H groups in total. The van der Waals surface area contributed by atoms with E-state index in [9.17, 15) is 0 Å². The maximum Gasteiger partial charge on any atom is 0.0406 e. The highest BCUT2D eigenvalue weighted by Crippen LogP contribution is 2.25. The Hall–Kier alpha value is -0.310. The lowest BCUT2D eigenvalue weighted by Crippen LogP contribution is -1.86. The van der Waals surface area contributed by atoms with Crippen molar-refractivity contribution >= 4 is 43.5 Å². The fourth-order valence-corrected chi connectivity index (χ4v) is 2.50. The fraction of sp³-hybridized carbons (Fsp3) is 0.143. The number of hydrogen-bond donors (Lipinski definition) is 0. The van der Waals surface area contributed by atoms with Crippen LogP contribution in [-0.4, -0.2) is 0 Å². The van der Waals surface area contributed by atoms with Gasteiger partial charge in [-0.25, -0.2) is 0 Å². The molecule has 0 nitrogen and oxygen atoms in total. The molecule has 0 saturated carbocycles. The van der Waals surface area contributed by atoms with E-state index < -0.39 is 0 Å². The third-order valence-electron chi connectivity index (χ3n) is 2.54. The second kappa shape index (κ2) is 6.03. The van der Waals surface area contributed by atoms with Crippen LogP contribution in [0.3, 0.4) is 0 Å². The van der Waals surface area contributed by atoms with Gasteiger partial charge < -0.3 is 0 Å². The average molecular weight is 375 g/mol. The molecule has 2 rings (SSSR count). The third kappa shape index (κ3) is 3.34. The zero-order chi connectivity index (χ0) is 12.3. The molecule has 0 aliphatic carbocycles. The quantitative estimate of drug-likeness (QED) is 0.596. The SMILES string of the molecule is Clc1ccc(-c2cc(CBr)cc(CBr)c2)cc1. The summed E-state index contributed by atoms with van der Waals surface area (Å²) in [7, 11) is 0. The summed E-state index contributed by atoms with van der Waals surface area (Å²) >= 11 is 12.9. The highest BCUT2D eigenvalue weighted by molar-refractivity contribution is 9.08. The number of benzene rings is 2. The van der Waals surface area contributed by atoms with Gasteiger partial charge in [0.1, 0.15) is 0 Å². The minimum Gasteiger partial charge on any atom is -0.0876 e. The molecule has 0 heterocycles. The van der Waals surface area contributed by atoms with Crippen LogP contribution in [0, 0.1) is 0 Å². The summed E-state index contributed by atoms with van der Waals surface area (Å²) < 4.78 is 0. The van der Waals surface area contributed by atoms with Gasteiger partial charge in [-0.2, -0.15) is 0 Å². The van der Waals surface area contributed by atoms with Crippen molar-refractivity contribution in [1.29, 1.82) is 0 Å². The minimum atomic E-state index is 0.770. The van der Waals surface area contributed by atoms with Gasteiger partial charge in [-0.1, -0.05) is 73.8 Å². The summed E-state index contributed by atoms with van der Waals surface area (Å²) in [6.07, 6.45) is 0. The number of halogens is 3. The Morgan fingerprint density at radius 2 is 1.29 bits per heavy atom. The number of rotatable bonds is 3. The van der Waals surface area contributed by atoms with Crippen molar-refractivity contribution < 1.29 is 0 Å². The first-order valence-corrected chi connectivity index (χ1v) is 7.85. The van der Waals surface area contributed by atoms with E-state index in [1.165, 1.54) is 22.3 Å². The molecular weight excluding hydrogens is 363 g/mol. The first-order valence-electron chi connectivity index (χ1n) is 5.23. The van der Waals surface area contributed by atoms with Crippen molar-refractivity contribution in [2.24, 2.45) is 0 Å². The molecule has 2 aromatic rings. The molecule has 0 radical (unpaired) electrons. The van der Waals surface area contributed by atoms with Crippen molar-refractivity contribution in [1.82, 2.24) is 0 Å². The summed E-state index contributed by atoms with van der Waals surface area (Å²) in [5, 5.41) is 2.51. The predicted octanol–water partition coefficient (Wildman–Crippen LogP) is 5.80. The Kier molecular flexibility index (Phi) is 4.66. The van der Waals surface area contributed by atoms with Crippen LogP contribution in [0.2, 0.25) is 5.02 Å². The maximum absolute atomic E-state index is 5.90. The fourth-order valence-electron chi connectivity index (χ4n) is 1.73. The van der Waals surface area contributed by atoms with Crippen LogP contribution in [0.5, 0.6) is 0 Å². The normalized spacial score (nSPS) is 10.5. The maximum atomic E-state index is 5.90. The summed E-state index contributed by atoms with van der Waals surface area (Å²) in [6.45, 7) is 0. The van der Waals surface area contributed by atoms with Crippen LogP contribution in [-0.2, 0) is 10.7 Å². The Morgan fingerprint density at radius 3 is 1.76 bits per heavy atom. The molecule has 0 amide bonds. The standard InChI is InChI=1S/C14H11Br2Cl/c15-8-10-5-11(9-16)7-13(6-10)12-1-3-14(17)4-2-12/h1-7H,8-9H2. The van der Waals surface area contributed by atoms with Crippen LogP contribution in [0.15, 0.2) is 42.5 Å². The van der Waals surface area contributed by atoms with Gasteiger partial charge in [0.2, 0.25) is 0 Å². The smallest absolute Gasteiger partial charge is 0.0406 e. The first-order chi connectivity index (χ1) is 8.22. The second-order valence-corrected chi connectivity index (χ2v) is 5.37. The van der Waals surface area contributed by atoms with Gasteiger partial charge in [-0.05, 0) is 34.4 Å². The van der Waals surface area contributed by atoms with Crippen molar-refractivity contribution in [3.63, 3.8) is 0 Å². The summed E-state index contributed by atoms with van der Waals surface area (Å²) in [6, 6.07) is 14.5. The molecule has 0 atom stereocenters. The third-order valence-corrected chi connectivity index (χ3v) is 4.09. The van der Waals surface area contributed by atoms with Crippen molar-refractivity contribution in [3.05, 3.63) is 58.6 Å². The van der Waals surface area contributed by atoms with Gasteiger partial charge in [0, 0.05) is 15.7 Å². The monoisotopic (exact) mass is 372 g/mol. The first kappa shape index (κ1) is 13.1. The molecule has 3 heteroatoms. The van der Waals surface area contributed by atoms with Crippen LogP contribution >= 0.6 is 43.5 Å². The highest BCUT2D eigenvalue weighted by Gasteiger charge is 2.02. The zero-order valence-corrected chi connectivity index (χ0v) is 13.0. The van der Waals surface area contributed by atoms with Crippen LogP contribution in [0.25, 0.3) is 11.1 Å². The molecular formula is C14H11Br2Cl. The minimum absolute atomic E-state index is 0.770. The summed E-state index contributed by atoms with van der Waals surface area (Å²) in [4.78, 5) is 0. The summed E-state index contributed by atoms with van der Waals surface area (Å²) in [5.41, 5.74) is 4.99. The second-order valence-electron chi connectivity index (χ2n) is 3.81. The molecule has 0 spiro atoms. The van der Waals surface area contributed by atoms with Crippen molar-refractivity contribution in [3.8, 4) is 11.1 Å². The Bertz CT molecular complexity index is 484. The molecule has 0 aliphatic rings. The molecule has 0 saturated heterocycles. The van der Waals surface area contributed by atoms with E-state index in [0.717, 1.165) is 15.7 Å². The number of hydrogen-bond acceptors (Lipinski definition) is 0. The molecule has 0 fully saturated rings. The largest absolute Gasteiger partial charge is 0.0876 e. The van der Waals surface area contributed by atoms with Gasteiger partial charge in [-0.15, -0.1) is 0 Å². The van der Waals surface area contributed by atoms with Gasteiger partial charge in [0.25, 0.3) is 0 Å². The lowest BCUT2D eigenvalue weighted by Gasteiger charge is -2.07. The lowest BCUT2D eigenvalue weighted by molar-refractivity contribution is 1.35. The zero-order valence-electron chi connectivity index (χ0n) is 9.09. The molecule has 0 unspecified atom stereocenters. The Balaban J connectivity index is 2.46. The van der Waals surface area contributed by atoms with Gasteiger partial charge in [0.05, 0.1) is 0 Å². The van der Waals surface area contributed by atoms with E-state index in [1.54, 1.807) is 0 Å². The van der Waals surface area contributed by atoms with Gasteiger partial charge >= 0.3 is 0 Å². The molecule has 0 bridgehead atoms.